The molecule has 0 amide bonds. The average Bonchev–Trinajstić information content (AvgIpc) is 2.57. The van der Waals surface area contributed by atoms with Crippen LogP contribution in [0.2, 0.25) is 5.02 Å². The van der Waals surface area contributed by atoms with Crippen LogP contribution in [-0.4, -0.2) is 34.1 Å². The highest BCUT2D eigenvalue weighted by molar-refractivity contribution is 7.71. The van der Waals surface area contributed by atoms with E-state index in [4.69, 9.17) is 23.8 Å². The van der Waals surface area contributed by atoms with Gasteiger partial charge in [0, 0.05) is 12.1 Å². The third-order valence-electron chi connectivity index (χ3n) is 3.52. The maximum absolute atomic E-state index is 6.17. The predicted molar refractivity (Wildman–Crippen MR) is 79.9 cm³/mol. The molecule has 0 fully saturated rings. The molecule has 1 aromatic carbocycles. The van der Waals surface area contributed by atoms with Gasteiger partial charge < -0.3 is 14.5 Å². The van der Waals surface area contributed by atoms with Gasteiger partial charge in [0.25, 0.3) is 0 Å². The molecule has 18 heavy (non-hydrogen) atoms. The fourth-order valence-corrected chi connectivity index (χ4v) is 2.31. The van der Waals surface area contributed by atoms with Crippen molar-refractivity contribution in [2.24, 2.45) is 0 Å². The van der Waals surface area contributed by atoms with Gasteiger partial charge in [-0.1, -0.05) is 17.7 Å². The zero-order chi connectivity index (χ0) is 13.5. The Morgan fingerprint density at radius 3 is 2.67 bits per heavy atom. The number of likely N-dealkylation sites (N-methyl/N-ethyl adjacent to an activating group) is 1. The van der Waals surface area contributed by atoms with Gasteiger partial charge in [0.05, 0.1) is 16.1 Å². The quantitative estimate of drug-likeness (QED) is 0.869. The number of halogens is 1. The minimum atomic E-state index is 0.0235. The molecular formula is C13H18ClN3S. The average molecular weight is 284 g/mol. The highest BCUT2D eigenvalue weighted by atomic mass is 35.5. The number of fused-ring (bicyclic) bond motifs is 1. The van der Waals surface area contributed by atoms with Crippen molar-refractivity contribution in [1.29, 1.82) is 0 Å². The summed E-state index contributed by atoms with van der Waals surface area (Å²) in [4.78, 5) is 5.38. The summed E-state index contributed by atoms with van der Waals surface area (Å²) in [6, 6.07) is 5.86. The molecule has 0 bridgehead atoms. The number of para-hydroxylation sites is 1. The number of nitrogens with one attached hydrogen (secondary N) is 1. The van der Waals surface area contributed by atoms with Crippen molar-refractivity contribution in [2.45, 2.75) is 25.9 Å². The van der Waals surface area contributed by atoms with E-state index in [2.05, 4.69) is 42.4 Å². The lowest BCUT2D eigenvalue weighted by molar-refractivity contribution is 0.170. The van der Waals surface area contributed by atoms with Gasteiger partial charge in [-0.3, -0.25) is 0 Å². The van der Waals surface area contributed by atoms with E-state index in [1.54, 1.807) is 0 Å². The predicted octanol–water partition coefficient (Wildman–Crippen LogP) is 3.69. The maximum Gasteiger partial charge on any atom is 0.178 e. The van der Waals surface area contributed by atoms with Crippen molar-refractivity contribution < 1.29 is 0 Å². The number of hydrogen-bond acceptors (Lipinski definition) is 2. The van der Waals surface area contributed by atoms with Crippen LogP contribution in [0.4, 0.5) is 0 Å². The number of H-pyrrole nitrogens is 1. The second-order valence-electron chi connectivity index (χ2n) is 5.36. The van der Waals surface area contributed by atoms with Gasteiger partial charge in [-0.15, -0.1) is 0 Å². The molecule has 1 aromatic heterocycles. The molecule has 1 N–H and O–H groups in total. The summed E-state index contributed by atoms with van der Waals surface area (Å²) < 4.78 is 2.82. The minimum Gasteiger partial charge on any atom is -0.329 e. The first-order valence-corrected chi connectivity index (χ1v) is 6.66. The van der Waals surface area contributed by atoms with Crippen LogP contribution in [0.25, 0.3) is 11.0 Å². The van der Waals surface area contributed by atoms with Crippen LogP contribution in [-0.2, 0) is 6.54 Å². The summed E-state index contributed by atoms with van der Waals surface area (Å²) in [7, 11) is 4.15. The van der Waals surface area contributed by atoms with Crippen LogP contribution in [0.3, 0.4) is 0 Å². The summed E-state index contributed by atoms with van der Waals surface area (Å²) in [5.41, 5.74) is 2.00. The van der Waals surface area contributed by atoms with E-state index in [-0.39, 0.29) is 5.54 Å². The molecule has 0 aliphatic carbocycles. The van der Waals surface area contributed by atoms with Crippen LogP contribution in [0.5, 0.6) is 0 Å². The molecule has 0 unspecified atom stereocenters. The molecule has 1 heterocycles. The van der Waals surface area contributed by atoms with E-state index in [0.29, 0.717) is 9.79 Å². The Morgan fingerprint density at radius 2 is 2.06 bits per heavy atom. The molecule has 0 saturated carbocycles. The van der Waals surface area contributed by atoms with Gasteiger partial charge in [0.2, 0.25) is 0 Å². The van der Waals surface area contributed by atoms with Gasteiger partial charge in [-0.2, -0.15) is 0 Å². The number of aromatic nitrogens is 2. The molecule has 0 saturated heterocycles. The molecule has 0 aliphatic heterocycles. The first-order valence-electron chi connectivity index (χ1n) is 5.87. The van der Waals surface area contributed by atoms with Crippen LogP contribution >= 0.6 is 23.8 Å². The first kappa shape index (κ1) is 13.6. The molecule has 98 valence electrons. The molecular weight excluding hydrogens is 266 g/mol. The largest absolute Gasteiger partial charge is 0.329 e. The highest BCUT2D eigenvalue weighted by Crippen LogP contribution is 2.24. The smallest absolute Gasteiger partial charge is 0.178 e. The van der Waals surface area contributed by atoms with Gasteiger partial charge in [-0.05, 0) is 52.3 Å². The third kappa shape index (κ3) is 2.32. The Labute approximate surface area is 117 Å². The number of imidazole rings is 1. The maximum atomic E-state index is 6.17. The molecule has 0 atom stereocenters. The Bertz CT molecular complexity index is 625. The third-order valence-corrected chi connectivity index (χ3v) is 4.15. The number of rotatable bonds is 3. The van der Waals surface area contributed by atoms with Gasteiger partial charge in [-0.25, -0.2) is 0 Å². The second kappa shape index (κ2) is 4.68. The summed E-state index contributed by atoms with van der Waals surface area (Å²) >= 11 is 11.6. The van der Waals surface area contributed by atoms with Gasteiger partial charge in [0.15, 0.2) is 4.77 Å². The minimum absolute atomic E-state index is 0.0235. The van der Waals surface area contributed by atoms with E-state index < -0.39 is 0 Å². The molecule has 2 aromatic rings. The zero-order valence-electron chi connectivity index (χ0n) is 11.1. The van der Waals surface area contributed by atoms with Crippen molar-refractivity contribution >= 4 is 34.9 Å². The Kier molecular flexibility index (Phi) is 3.54. The monoisotopic (exact) mass is 283 g/mol. The highest BCUT2D eigenvalue weighted by Gasteiger charge is 2.22. The number of hydrogen-bond donors (Lipinski definition) is 1. The molecule has 0 radical (unpaired) electrons. The molecule has 5 heteroatoms. The molecule has 2 rings (SSSR count). The number of benzene rings is 1. The second-order valence-corrected chi connectivity index (χ2v) is 6.15. The van der Waals surface area contributed by atoms with Crippen molar-refractivity contribution in [1.82, 2.24) is 14.5 Å². The van der Waals surface area contributed by atoms with Crippen LogP contribution < -0.4 is 0 Å². The number of aromatic amines is 1. The van der Waals surface area contributed by atoms with Gasteiger partial charge >= 0.3 is 0 Å². The van der Waals surface area contributed by atoms with Crippen molar-refractivity contribution in [3.8, 4) is 0 Å². The summed E-state index contributed by atoms with van der Waals surface area (Å²) in [5.74, 6) is 0. The lowest BCUT2D eigenvalue weighted by Crippen LogP contribution is -2.42. The fraction of sp³-hybridized carbons (Fsp3) is 0.462. The van der Waals surface area contributed by atoms with Crippen molar-refractivity contribution in [3.63, 3.8) is 0 Å². The SMILES string of the molecule is CN(C)C(C)(C)Cn1c(=S)[nH]c2c(Cl)cccc21. The van der Waals surface area contributed by atoms with Crippen molar-refractivity contribution in [3.05, 3.63) is 28.0 Å². The lowest BCUT2D eigenvalue weighted by atomic mass is 10.0. The summed E-state index contributed by atoms with van der Waals surface area (Å²) in [5, 5.41) is 0.708. The zero-order valence-corrected chi connectivity index (χ0v) is 12.7. The van der Waals surface area contributed by atoms with E-state index in [0.717, 1.165) is 17.6 Å². The van der Waals surface area contributed by atoms with E-state index >= 15 is 0 Å². The van der Waals surface area contributed by atoms with Crippen molar-refractivity contribution in [2.75, 3.05) is 14.1 Å². The summed E-state index contributed by atoms with van der Waals surface area (Å²) in [6.45, 7) is 5.20. The summed E-state index contributed by atoms with van der Waals surface area (Å²) in [6.07, 6.45) is 0. The Morgan fingerprint density at radius 1 is 1.39 bits per heavy atom. The standard InChI is InChI=1S/C13H18ClN3S/c1-13(2,16(3)4)8-17-10-7-5-6-9(14)11(10)15-12(17)18/h5-7H,8H2,1-4H3,(H,15,18). The van der Waals surface area contributed by atoms with E-state index in [1.807, 2.05) is 18.2 Å². The molecule has 3 nitrogen and oxygen atoms in total. The first-order chi connectivity index (χ1) is 8.33. The van der Waals surface area contributed by atoms with Crippen LogP contribution in [0.15, 0.2) is 18.2 Å². The normalized spacial score (nSPS) is 12.6. The molecule has 0 spiro atoms. The fourth-order valence-electron chi connectivity index (χ4n) is 1.83. The van der Waals surface area contributed by atoms with E-state index in [1.165, 1.54) is 0 Å². The van der Waals surface area contributed by atoms with Crippen LogP contribution in [0, 0.1) is 4.77 Å². The Hall–Kier alpha value is -0.840. The number of nitrogens with zero attached hydrogens (tertiary/aromatic N) is 2. The van der Waals surface area contributed by atoms with Gasteiger partial charge in [0.1, 0.15) is 0 Å². The lowest BCUT2D eigenvalue weighted by Gasteiger charge is -2.33. The van der Waals surface area contributed by atoms with Crippen LogP contribution in [0.1, 0.15) is 13.8 Å². The topological polar surface area (TPSA) is 24.0 Å². The molecule has 0 aliphatic rings. The Balaban J connectivity index is 2.56. The van der Waals surface area contributed by atoms with E-state index in [9.17, 15) is 0 Å².